The average molecular weight is 398 g/mol. The highest BCUT2D eigenvalue weighted by atomic mass is 32.2. The number of nitrogens with two attached hydrogens (primary N) is 1. The standard InChI is InChI=1S/C20H22N4O3S/c1-14-2-4-15(5-3-14)19-22-20(27-23-19)16-10-12-24(13-11-16)28(25,26)18-8-6-17(21)7-9-18/h2-9,16H,10-13,21H2,1H3. The Labute approximate surface area is 164 Å². The molecule has 0 unspecified atom stereocenters. The van der Waals surface area contributed by atoms with Gasteiger partial charge in [-0.05, 0) is 44.0 Å². The van der Waals surface area contributed by atoms with E-state index >= 15 is 0 Å². The lowest BCUT2D eigenvalue weighted by atomic mass is 9.98. The van der Waals surface area contributed by atoms with Gasteiger partial charge in [-0.2, -0.15) is 9.29 Å². The Morgan fingerprint density at radius 2 is 1.68 bits per heavy atom. The highest BCUT2D eigenvalue weighted by Gasteiger charge is 2.32. The van der Waals surface area contributed by atoms with Crippen molar-refractivity contribution in [1.29, 1.82) is 0 Å². The molecule has 0 atom stereocenters. The molecule has 146 valence electrons. The first-order chi connectivity index (χ1) is 13.4. The van der Waals surface area contributed by atoms with E-state index in [0.29, 0.717) is 43.3 Å². The minimum atomic E-state index is -3.52. The summed E-state index contributed by atoms with van der Waals surface area (Å²) in [7, 11) is -3.52. The van der Waals surface area contributed by atoms with E-state index in [-0.39, 0.29) is 10.8 Å². The molecule has 8 heteroatoms. The fourth-order valence-corrected chi connectivity index (χ4v) is 4.82. The van der Waals surface area contributed by atoms with Crippen LogP contribution in [0.15, 0.2) is 57.9 Å². The smallest absolute Gasteiger partial charge is 0.243 e. The summed E-state index contributed by atoms with van der Waals surface area (Å²) in [5.74, 6) is 1.19. The van der Waals surface area contributed by atoms with Crippen molar-refractivity contribution in [3.63, 3.8) is 0 Å². The molecule has 2 N–H and O–H groups in total. The van der Waals surface area contributed by atoms with E-state index < -0.39 is 10.0 Å². The molecule has 4 rings (SSSR count). The van der Waals surface area contributed by atoms with Crippen molar-refractivity contribution < 1.29 is 12.9 Å². The van der Waals surface area contributed by atoms with Gasteiger partial charge in [0, 0.05) is 30.3 Å². The van der Waals surface area contributed by atoms with Crippen LogP contribution in [-0.4, -0.2) is 36.0 Å². The molecule has 2 aromatic carbocycles. The third-order valence-corrected chi connectivity index (χ3v) is 6.99. The molecule has 0 bridgehead atoms. The number of hydrogen-bond donors (Lipinski definition) is 1. The fraction of sp³-hybridized carbons (Fsp3) is 0.300. The van der Waals surface area contributed by atoms with Crippen LogP contribution < -0.4 is 5.73 Å². The maximum Gasteiger partial charge on any atom is 0.243 e. The van der Waals surface area contributed by atoms with Gasteiger partial charge in [0.15, 0.2) is 0 Å². The van der Waals surface area contributed by atoms with Crippen molar-refractivity contribution >= 4 is 15.7 Å². The van der Waals surface area contributed by atoms with Gasteiger partial charge in [0.05, 0.1) is 4.90 Å². The minimum Gasteiger partial charge on any atom is -0.399 e. The maximum absolute atomic E-state index is 12.8. The summed E-state index contributed by atoms with van der Waals surface area (Å²) in [6.45, 7) is 2.86. The number of nitrogens with zero attached hydrogens (tertiary/aromatic N) is 3. The second-order valence-corrected chi connectivity index (χ2v) is 9.01. The van der Waals surface area contributed by atoms with Gasteiger partial charge in [0.1, 0.15) is 0 Å². The Bertz CT molecular complexity index is 1050. The molecule has 0 spiro atoms. The Balaban J connectivity index is 1.44. The molecule has 7 nitrogen and oxygen atoms in total. The lowest BCUT2D eigenvalue weighted by Crippen LogP contribution is -2.37. The van der Waals surface area contributed by atoms with Gasteiger partial charge in [0.2, 0.25) is 21.7 Å². The van der Waals surface area contributed by atoms with Crippen molar-refractivity contribution in [1.82, 2.24) is 14.4 Å². The van der Waals surface area contributed by atoms with E-state index in [4.69, 9.17) is 10.3 Å². The zero-order valence-electron chi connectivity index (χ0n) is 15.6. The molecule has 3 aromatic rings. The normalized spacial score (nSPS) is 16.3. The SMILES string of the molecule is Cc1ccc(-c2noc(C3CCN(S(=O)(=O)c4ccc(N)cc4)CC3)n2)cc1. The van der Waals surface area contributed by atoms with Crippen LogP contribution in [-0.2, 0) is 10.0 Å². The zero-order valence-corrected chi connectivity index (χ0v) is 16.4. The number of sulfonamides is 1. The monoisotopic (exact) mass is 398 g/mol. The molecule has 1 fully saturated rings. The lowest BCUT2D eigenvalue weighted by Gasteiger charge is -2.29. The molecule has 1 aliphatic rings. The number of rotatable bonds is 4. The van der Waals surface area contributed by atoms with E-state index in [2.05, 4.69) is 10.1 Å². The van der Waals surface area contributed by atoms with Gasteiger partial charge < -0.3 is 10.3 Å². The summed E-state index contributed by atoms with van der Waals surface area (Å²) in [5.41, 5.74) is 8.27. The number of benzene rings is 2. The molecule has 28 heavy (non-hydrogen) atoms. The number of nitrogen functional groups attached to an aromatic ring is 1. The molecular weight excluding hydrogens is 376 g/mol. The third kappa shape index (κ3) is 3.65. The van der Waals surface area contributed by atoms with Crippen LogP contribution in [0.2, 0.25) is 0 Å². The van der Waals surface area contributed by atoms with Crippen LogP contribution in [0.5, 0.6) is 0 Å². The summed E-state index contributed by atoms with van der Waals surface area (Å²) in [6.07, 6.45) is 1.29. The van der Waals surface area contributed by atoms with Crippen molar-refractivity contribution in [3.8, 4) is 11.4 Å². The lowest BCUT2D eigenvalue weighted by molar-refractivity contribution is 0.271. The average Bonchev–Trinajstić information content (AvgIpc) is 3.19. The summed E-state index contributed by atoms with van der Waals surface area (Å²) >= 11 is 0. The molecule has 0 saturated carbocycles. The minimum absolute atomic E-state index is 0.0598. The van der Waals surface area contributed by atoms with Crippen molar-refractivity contribution in [2.45, 2.75) is 30.6 Å². The Kier molecular flexibility index (Phi) is 4.91. The molecule has 0 aliphatic carbocycles. The van der Waals surface area contributed by atoms with Crippen LogP contribution in [0, 0.1) is 6.92 Å². The van der Waals surface area contributed by atoms with Gasteiger partial charge in [-0.3, -0.25) is 0 Å². The first-order valence-corrected chi connectivity index (χ1v) is 10.6. The van der Waals surface area contributed by atoms with Crippen molar-refractivity contribution in [3.05, 3.63) is 60.0 Å². The maximum atomic E-state index is 12.8. The molecule has 1 aliphatic heterocycles. The second-order valence-electron chi connectivity index (χ2n) is 7.07. The van der Waals surface area contributed by atoms with E-state index in [1.165, 1.54) is 9.87 Å². The predicted octanol–water partition coefficient (Wildman–Crippen LogP) is 3.20. The molecule has 2 heterocycles. The predicted molar refractivity (Wildman–Crippen MR) is 106 cm³/mol. The van der Waals surface area contributed by atoms with Crippen LogP contribution in [0.4, 0.5) is 5.69 Å². The first kappa shape index (κ1) is 18.6. The van der Waals surface area contributed by atoms with Gasteiger partial charge in [-0.1, -0.05) is 35.0 Å². The summed E-state index contributed by atoms with van der Waals surface area (Å²) in [4.78, 5) is 4.79. The summed E-state index contributed by atoms with van der Waals surface area (Å²) in [5, 5.41) is 4.09. The van der Waals surface area contributed by atoms with Gasteiger partial charge in [-0.25, -0.2) is 8.42 Å². The van der Waals surface area contributed by atoms with Gasteiger partial charge >= 0.3 is 0 Å². The quantitative estimate of drug-likeness (QED) is 0.677. The molecular formula is C20H22N4O3S. The molecule has 1 saturated heterocycles. The topological polar surface area (TPSA) is 102 Å². The van der Waals surface area contributed by atoms with Crippen LogP contribution in [0.25, 0.3) is 11.4 Å². The Morgan fingerprint density at radius 1 is 1.04 bits per heavy atom. The van der Waals surface area contributed by atoms with Crippen LogP contribution in [0.1, 0.15) is 30.2 Å². The van der Waals surface area contributed by atoms with Crippen molar-refractivity contribution in [2.75, 3.05) is 18.8 Å². The van der Waals surface area contributed by atoms with Gasteiger partial charge in [-0.15, -0.1) is 0 Å². The highest BCUT2D eigenvalue weighted by molar-refractivity contribution is 7.89. The fourth-order valence-electron chi connectivity index (χ4n) is 3.35. The molecule has 1 aromatic heterocycles. The van der Waals surface area contributed by atoms with E-state index in [1.54, 1.807) is 24.3 Å². The van der Waals surface area contributed by atoms with Crippen LogP contribution in [0.3, 0.4) is 0 Å². The Hall–Kier alpha value is -2.71. The molecule has 0 amide bonds. The third-order valence-electron chi connectivity index (χ3n) is 5.07. The van der Waals surface area contributed by atoms with E-state index in [1.807, 2.05) is 31.2 Å². The second kappa shape index (κ2) is 7.37. The molecule has 0 radical (unpaired) electrons. The van der Waals surface area contributed by atoms with Gasteiger partial charge in [0.25, 0.3) is 0 Å². The number of piperidine rings is 1. The number of hydrogen-bond acceptors (Lipinski definition) is 6. The highest BCUT2D eigenvalue weighted by Crippen LogP contribution is 2.31. The van der Waals surface area contributed by atoms with E-state index in [9.17, 15) is 8.42 Å². The Morgan fingerprint density at radius 3 is 2.32 bits per heavy atom. The largest absolute Gasteiger partial charge is 0.399 e. The van der Waals surface area contributed by atoms with E-state index in [0.717, 1.165) is 5.56 Å². The summed E-state index contributed by atoms with van der Waals surface area (Å²) in [6, 6.07) is 14.2. The number of aromatic nitrogens is 2. The zero-order chi connectivity index (χ0) is 19.7. The van der Waals surface area contributed by atoms with Crippen LogP contribution >= 0.6 is 0 Å². The first-order valence-electron chi connectivity index (χ1n) is 9.20. The number of anilines is 1. The summed E-state index contributed by atoms with van der Waals surface area (Å²) < 4.78 is 32.6. The van der Waals surface area contributed by atoms with Crippen molar-refractivity contribution in [2.24, 2.45) is 0 Å². The number of aryl methyl sites for hydroxylation is 1.